The van der Waals surface area contributed by atoms with Gasteiger partial charge in [-0.3, -0.25) is 0 Å². The predicted molar refractivity (Wildman–Crippen MR) is 63.3 cm³/mol. The molecule has 0 spiro atoms. The molecule has 0 bridgehead atoms. The molecule has 98 valence electrons. The zero-order chi connectivity index (χ0) is 12.8. The predicted octanol–water partition coefficient (Wildman–Crippen LogP) is 0.419. The number of ether oxygens (including phenoxy) is 1. The number of aliphatic hydroxyl groups is 1. The Bertz CT molecular complexity index is 301. The van der Waals surface area contributed by atoms with E-state index in [0.717, 1.165) is 0 Å². The maximum Gasteiger partial charge on any atom is 0.410 e. The van der Waals surface area contributed by atoms with Gasteiger partial charge in [0.15, 0.2) is 0 Å². The highest BCUT2D eigenvalue weighted by Crippen LogP contribution is 2.53. The van der Waals surface area contributed by atoms with E-state index < -0.39 is 11.7 Å². The minimum Gasteiger partial charge on any atom is -0.444 e. The monoisotopic (exact) mass is 242 g/mol. The molecule has 17 heavy (non-hydrogen) atoms. The smallest absolute Gasteiger partial charge is 0.410 e. The van der Waals surface area contributed by atoms with Crippen molar-refractivity contribution in [3.8, 4) is 0 Å². The van der Waals surface area contributed by atoms with Crippen molar-refractivity contribution >= 4 is 6.09 Å². The number of nitrogens with zero attached hydrogens (tertiary/aromatic N) is 1. The summed E-state index contributed by atoms with van der Waals surface area (Å²) < 4.78 is 5.31. The molecule has 3 atom stereocenters. The Balaban J connectivity index is 1.81. The van der Waals surface area contributed by atoms with Crippen LogP contribution in [0.25, 0.3) is 0 Å². The molecule has 2 fully saturated rings. The highest BCUT2D eigenvalue weighted by atomic mass is 16.6. The lowest BCUT2D eigenvalue weighted by molar-refractivity contribution is 0.0244. The number of aliphatic hydroxyl groups excluding tert-OH is 1. The highest BCUT2D eigenvalue weighted by Gasteiger charge is 2.59. The molecule has 0 aromatic heterocycles. The van der Waals surface area contributed by atoms with Crippen molar-refractivity contribution < 1.29 is 14.6 Å². The molecule has 3 N–H and O–H groups in total. The van der Waals surface area contributed by atoms with Crippen molar-refractivity contribution in [2.24, 2.45) is 23.5 Å². The molecule has 1 saturated heterocycles. The fraction of sp³-hybridized carbons (Fsp3) is 0.917. The average molecular weight is 242 g/mol. The SMILES string of the molecule is CC(C)(C)OC(=O)N1CC2C(C1)C2C(O)CN. The quantitative estimate of drug-likeness (QED) is 0.736. The molecule has 1 aliphatic carbocycles. The molecule has 0 radical (unpaired) electrons. The Morgan fingerprint density at radius 2 is 2.00 bits per heavy atom. The second-order valence-electron chi connectivity index (χ2n) is 6.09. The number of piperidine rings is 1. The van der Waals surface area contributed by atoms with Crippen LogP contribution >= 0.6 is 0 Å². The van der Waals surface area contributed by atoms with Crippen LogP contribution in [-0.4, -0.2) is 47.4 Å². The first-order valence-electron chi connectivity index (χ1n) is 6.19. The summed E-state index contributed by atoms with van der Waals surface area (Å²) in [6, 6.07) is 0. The summed E-state index contributed by atoms with van der Waals surface area (Å²) >= 11 is 0. The molecule has 5 heteroatoms. The van der Waals surface area contributed by atoms with Gasteiger partial charge in [-0.15, -0.1) is 0 Å². The van der Waals surface area contributed by atoms with E-state index in [1.54, 1.807) is 4.90 Å². The molecule has 0 aromatic carbocycles. The van der Waals surface area contributed by atoms with Crippen molar-refractivity contribution in [2.75, 3.05) is 19.6 Å². The van der Waals surface area contributed by atoms with Crippen LogP contribution in [0.15, 0.2) is 0 Å². The van der Waals surface area contributed by atoms with Gasteiger partial charge in [0.05, 0.1) is 6.10 Å². The number of amides is 1. The zero-order valence-corrected chi connectivity index (χ0v) is 10.7. The third-order valence-corrected chi connectivity index (χ3v) is 3.60. The Kier molecular flexibility index (Phi) is 3.08. The van der Waals surface area contributed by atoms with Gasteiger partial charge in [-0.2, -0.15) is 0 Å². The lowest BCUT2D eigenvalue weighted by Gasteiger charge is -2.26. The number of likely N-dealkylation sites (tertiary alicyclic amines) is 1. The van der Waals surface area contributed by atoms with Gasteiger partial charge >= 0.3 is 6.09 Å². The summed E-state index contributed by atoms with van der Waals surface area (Å²) in [5.74, 6) is 1.13. The molecule has 1 aliphatic heterocycles. The Labute approximate surface area is 102 Å². The van der Waals surface area contributed by atoms with E-state index in [2.05, 4.69) is 0 Å². The summed E-state index contributed by atoms with van der Waals surface area (Å²) in [7, 11) is 0. The molecule has 1 saturated carbocycles. The fourth-order valence-corrected chi connectivity index (χ4v) is 2.78. The first-order chi connectivity index (χ1) is 7.83. The van der Waals surface area contributed by atoms with Crippen LogP contribution in [0.3, 0.4) is 0 Å². The van der Waals surface area contributed by atoms with Crippen molar-refractivity contribution in [3.05, 3.63) is 0 Å². The summed E-state index contributed by atoms with van der Waals surface area (Å²) in [4.78, 5) is 13.5. The standard InChI is InChI=1S/C12H22N2O3/c1-12(2,3)17-11(16)14-5-7-8(6-14)10(7)9(15)4-13/h7-10,15H,4-6,13H2,1-3H3. The molecule has 0 aromatic rings. The number of fused-ring (bicyclic) bond motifs is 1. The molecule has 1 amide bonds. The van der Waals surface area contributed by atoms with E-state index in [0.29, 0.717) is 37.4 Å². The van der Waals surface area contributed by atoms with Crippen LogP contribution in [-0.2, 0) is 4.74 Å². The molecular formula is C12H22N2O3. The van der Waals surface area contributed by atoms with E-state index in [1.165, 1.54) is 0 Å². The molecule has 3 unspecified atom stereocenters. The van der Waals surface area contributed by atoms with Crippen molar-refractivity contribution in [3.63, 3.8) is 0 Å². The number of carbonyl (C=O) groups excluding carboxylic acids is 1. The average Bonchev–Trinajstić information content (AvgIpc) is 2.69. The third-order valence-electron chi connectivity index (χ3n) is 3.60. The molecule has 5 nitrogen and oxygen atoms in total. The number of nitrogens with two attached hydrogens (primary N) is 1. The largest absolute Gasteiger partial charge is 0.444 e. The van der Waals surface area contributed by atoms with Crippen LogP contribution in [0.5, 0.6) is 0 Å². The number of hydrogen-bond acceptors (Lipinski definition) is 4. The lowest BCUT2D eigenvalue weighted by atomic mass is 10.1. The second kappa shape index (κ2) is 4.14. The molecular weight excluding hydrogens is 220 g/mol. The van der Waals surface area contributed by atoms with Gasteiger partial charge in [0, 0.05) is 19.6 Å². The van der Waals surface area contributed by atoms with E-state index in [4.69, 9.17) is 10.5 Å². The second-order valence-corrected chi connectivity index (χ2v) is 6.09. The van der Waals surface area contributed by atoms with Gasteiger partial charge in [-0.05, 0) is 38.5 Å². The Morgan fingerprint density at radius 1 is 1.47 bits per heavy atom. The first kappa shape index (κ1) is 12.6. The number of hydrogen-bond donors (Lipinski definition) is 2. The van der Waals surface area contributed by atoms with Crippen LogP contribution < -0.4 is 5.73 Å². The topological polar surface area (TPSA) is 75.8 Å². The lowest BCUT2D eigenvalue weighted by Crippen LogP contribution is -2.38. The van der Waals surface area contributed by atoms with Crippen molar-refractivity contribution in [2.45, 2.75) is 32.5 Å². The van der Waals surface area contributed by atoms with E-state index in [1.807, 2.05) is 20.8 Å². The van der Waals surface area contributed by atoms with Gasteiger partial charge < -0.3 is 20.5 Å². The fourth-order valence-electron chi connectivity index (χ4n) is 2.78. The summed E-state index contributed by atoms with van der Waals surface area (Å²) in [6.07, 6.45) is -0.656. The van der Waals surface area contributed by atoms with Gasteiger partial charge in [0.2, 0.25) is 0 Å². The van der Waals surface area contributed by atoms with E-state index >= 15 is 0 Å². The van der Waals surface area contributed by atoms with E-state index in [9.17, 15) is 9.90 Å². The van der Waals surface area contributed by atoms with Crippen molar-refractivity contribution in [1.29, 1.82) is 0 Å². The molecule has 2 aliphatic rings. The Hall–Kier alpha value is -0.810. The van der Waals surface area contributed by atoms with Gasteiger partial charge in [-0.1, -0.05) is 0 Å². The van der Waals surface area contributed by atoms with Crippen LogP contribution in [0.2, 0.25) is 0 Å². The number of carbonyl (C=O) groups is 1. The van der Waals surface area contributed by atoms with E-state index in [-0.39, 0.29) is 6.09 Å². The van der Waals surface area contributed by atoms with Crippen LogP contribution in [0, 0.1) is 17.8 Å². The normalized spacial score (nSPS) is 33.2. The summed E-state index contributed by atoms with van der Waals surface area (Å²) in [6.45, 7) is 7.29. The molecule has 2 rings (SSSR count). The maximum atomic E-state index is 11.8. The first-order valence-corrected chi connectivity index (χ1v) is 6.19. The van der Waals surface area contributed by atoms with Crippen molar-refractivity contribution in [1.82, 2.24) is 4.90 Å². The van der Waals surface area contributed by atoms with Crippen LogP contribution in [0.4, 0.5) is 4.79 Å². The molecule has 1 heterocycles. The third kappa shape index (κ3) is 2.55. The zero-order valence-electron chi connectivity index (χ0n) is 10.7. The minimum atomic E-state index is -0.444. The number of rotatable bonds is 2. The summed E-state index contributed by atoms with van der Waals surface area (Å²) in [5.41, 5.74) is 4.99. The summed E-state index contributed by atoms with van der Waals surface area (Å²) in [5, 5.41) is 9.66. The van der Waals surface area contributed by atoms with Gasteiger partial charge in [0.1, 0.15) is 5.60 Å². The highest BCUT2D eigenvalue weighted by molar-refractivity contribution is 5.69. The van der Waals surface area contributed by atoms with Gasteiger partial charge in [-0.25, -0.2) is 4.79 Å². The Morgan fingerprint density at radius 3 is 2.41 bits per heavy atom. The minimum absolute atomic E-state index is 0.245. The van der Waals surface area contributed by atoms with Crippen LogP contribution in [0.1, 0.15) is 20.8 Å². The van der Waals surface area contributed by atoms with Gasteiger partial charge in [0.25, 0.3) is 0 Å². The maximum absolute atomic E-state index is 11.8.